The van der Waals surface area contributed by atoms with Gasteiger partial charge in [0.2, 0.25) is 15.9 Å². The smallest absolute Gasteiger partial charge is 0.241 e. The van der Waals surface area contributed by atoms with Gasteiger partial charge in [0, 0.05) is 54.0 Å². The molecule has 186 valence electrons. The van der Waals surface area contributed by atoms with Crippen molar-refractivity contribution in [1.82, 2.24) is 14.6 Å². The first kappa shape index (κ1) is 23.8. The van der Waals surface area contributed by atoms with Crippen molar-refractivity contribution in [2.75, 3.05) is 44.3 Å². The van der Waals surface area contributed by atoms with Gasteiger partial charge in [0.15, 0.2) is 0 Å². The number of rotatable bonds is 6. The van der Waals surface area contributed by atoms with E-state index < -0.39 is 22.2 Å². The lowest BCUT2D eigenvalue weighted by Crippen LogP contribution is -2.50. The number of aromatic nitrogens is 1. The molecule has 2 saturated heterocycles. The Morgan fingerprint density at radius 1 is 1.14 bits per heavy atom. The van der Waals surface area contributed by atoms with Crippen LogP contribution in [0.3, 0.4) is 0 Å². The van der Waals surface area contributed by atoms with Crippen molar-refractivity contribution < 1.29 is 23.1 Å². The molecular weight excluding hydrogens is 468 g/mol. The second kappa shape index (κ2) is 9.62. The molecule has 0 spiro atoms. The highest BCUT2D eigenvalue weighted by Crippen LogP contribution is 2.36. The van der Waals surface area contributed by atoms with Crippen LogP contribution in [-0.4, -0.2) is 80.9 Å². The van der Waals surface area contributed by atoms with Crippen molar-refractivity contribution in [1.29, 1.82) is 0 Å². The second-order valence-electron chi connectivity index (χ2n) is 9.12. The number of morpholine rings is 1. The van der Waals surface area contributed by atoms with Crippen LogP contribution >= 0.6 is 0 Å². The number of benzene rings is 2. The number of aliphatic hydroxyl groups is 1. The number of nitrogens with zero attached hydrogens (tertiary/aromatic N) is 2. The van der Waals surface area contributed by atoms with Crippen LogP contribution in [0.2, 0.25) is 0 Å². The number of carbonyl (C=O) groups excluding carboxylic acids is 1. The molecule has 0 aliphatic carbocycles. The summed E-state index contributed by atoms with van der Waals surface area (Å²) in [5, 5.41) is 11.1. The maximum Gasteiger partial charge on any atom is 0.241 e. The van der Waals surface area contributed by atoms with E-state index in [1.54, 1.807) is 30.0 Å². The number of anilines is 1. The highest BCUT2D eigenvalue weighted by Gasteiger charge is 2.29. The maximum absolute atomic E-state index is 13.3. The summed E-state index contributed by atoms with van der Waals surface area (Å²) in [6.07, 6.45) is 0.247. The number of ether oxygens (including phenoxy) is 1. The highest BCUT2D eigenvalue weighted by molar-refractivity contribution is 7.89. The van der Waals surface area contributed by atoms with Crippen LogP contribution < -0.4 is 9.62 Å². The first-order chi connectivity index (χ1) is 16.8. The largest absolute Gasteiger partial charge is 0.391 e. The molecule has 9 nitrogen and oxygen atoms in total. The van der Waals surface area contributed by atoms with Gasteiger partial charge in [-0.3, -0.25) is 4.79 Å². The van der Waals surface area contributed by atoms with Gasteiger partial charge >= 0.3 is 0 Å². The molecule has 2 atom stereocenters. The molecule has 2 aromatic carbocycles. The second-order valence-corrected chi connectivity index (χ2v) is 10.8. The predicted octanol–water partition coefficient (Wildman–Crippen LogP) is 1.93. The van der Waals surface area contributed by atoms with E-state index in [2.05, 4.69) is 14.6 Å². The molecule has 0 bridgehead atoms. The summed E-state index contributed by atoms with van der Waals surface area (Å²) < 4.78 is 34.4. The molecule has 1 amide bonds. The quantitative estimate of drug-likeness (QED) is 0.479. The molecule has 3 N–H and O–H groups in total. The van der Waals surface area contributed by atoms with Crippen LogP contribution in [0, 0.1) is 0 Å². The zero-order chi connectivity index (χ0) is 24.6. The number of sulfonamides is 1. The van der Waals surface area contributed by atoms with Crippen molar-refractivity contribution in [2.45, 2.75) is 30.4 Å². The Kier molecular flexibility index (Phi) is 6.54. The van der Waals surface area contributed by atoms with E-state index in [1.165, 1.54) is 0 Å². The van der Waals surface area contributed by atoms with Gasteiger partial charge in [-0.1, -0.05) is 18.2 Å². The summed E-state index contributed by atoms with van der Waals surface area (Å²) >= 11 is 0. The normalized spacial score (nSPS) is 19.9. The average Bonchev–Trinajstić information content (AvgIpc) is 3.49. The van der Waals surface area contributed by atoms with Crippen LogP contribution in [0.15, 0.2) is 53.4 Å². The Balaban J connectivity index is 1.48. The molecule has 35 heavy (non-hydrogen) atoms. The Hall–Kier alpha value is -2.92. The number of H-pyrrole nitrogens is 1. The minimum Gasteiger partial charge on any atom is -0.391 e. The number of carbonyl (C=O) groups is 1. The van der Waals surface area contributed by atoms with Crippen LogP contribution in [0.4, 0.5) is 5.69 Å². The Bertz CT molecular complexity index is 1300. The van der Waals surface area contributed by atoms with E-state index in [4.69, 9.17) is 4.74 Å². The summed E-state index contributed by atoms with van der Waals surface area (Å²) in [5.74, 6) is -0.268. The number of hydrogen-bond donors (Lipinski definition) is 3. The summed E-state index contributed by atoms with van der Waals surface area (Å²) in [5.41, 5.74) is 3.32. The third-order valence-corrected chi connectivity index (χ3v) is 8.17. The number of aromatic amines is 1. The van der Waals surface area contributed by atoms with E-state index >= 15 is 0 Å². The van der Waals surface area contributed by atoms with Gasteiger partial charge in [-0.2, -0.15) is 4.72 Å². The minimum atomic E-state index is -3.97. The van der Waals surface area contributed by atoms with Gasteiger partial charge < -0.3 is 24.6 Å². The maximum atomic E-state index is 13.3. The van der Waals surface area contributed by atoms with E-state index in [0.717, 1.165) is 27.8 Å². The lowest BCUT2D eigenvalue weighted by atomic mass is 10.1. The molecule has 0 radical (unpaired) electrons. The van der Waals surface area contributed by atoms with Crippen LogP contribution in [0.25, 0.3) is 22.2 Å². The van der Waals surface area contributed by atoms with Crippen LogP contribution in [-0.2, 0) is 19.6 Å². The number of hydrogen-bond acceptors (Lipinski definition) is 6. The molecule has 2 aliphatic heterocycles. The molecular formula is C25H30N4O5S. The third-order valence-electron chi connectivity index (χ3n) is 6.63. The third kappa shape index (κ3) is 4.92. The zero-order valence-electron chi connectivity index (χ0n) is 19.6. The molecule has 5 rings (SSSR count). The van der Waals surface area contributed by atoms with Crippen molar-refractivity contribution >= 4 is 32.5 Å². The fraction of sp³-hybridized carbons (Fsp3) is 0.400. The summed E-state index contributed by atoms with van der Waals surface area (Å²) in [6.45, 7) is 4.54. The topological polar surface area (TPSA) is 115 Å². The molecule has 0 unspecified atom stereocenters. The van der Waals surface area contributed by atoms with E-state index in [1.807, 2.05) is 30.3 Å². The Labute approximate surface area is 204 Å². The number of fused-ring (bicyclic) bond motifs is 1. The summed E-state index contributed by atoms with van der Waals surface area (Å²) in [7, 11) is -3.97. The van der Waals surface area contributed by atoms with Gasteiger partial charge in [0.05, 0.1) is 30.3 Å². The molecule has 1 aromatic heterocycles. The average molecular weight is 499 g/mol. The number of para-hydroxylation sites is 1. The molecule has 3 heterocycles. The van der Waals surface area contributed by atoms with Gasteiger partial charge in [-0.05, 0) is 43.7 Å². The number of β-amino-alcohol motifs (C(OH)–C–C–N with tert-alkyl or cyclic N) is 1. The number of aliphatic hydroxyl groups excluding tert-OH is 1. The summed E-state index contributed by atoms with van der Waals surface area (Å²) in [6, 6.07) is 13.9. The lowest BCUT2D eigenvalue weighted by molar-refractivity contribution is -0.136. The number of amides is 1. The Morgan fingerprint density at radius 3 is 2.63 bits per heavy atom. The predicted molar refractivity (Wildman–Crippen MR) is 134 cm³/mol. The van der Waals surface area contributed by atoms with Crippen LogP contribution in [0.1, 0.15) is 13.3 Å². The Morgan fingerprint density at radius 2 is 1.91 bits per heavy atom. The lowest BCUT2D eigenvalue weighted by Gasteiger charge is -2.29. The molecule has 2 fully saturated rings. The fourth-order valence-electron chi connectivity index (χ4n) is 4.76. The van der Waals surface area contributed by atoms with Gasteiger partial charge in [0.1, 0.15) is 0 Å². The van der Waals surface area contributed by atoms with Crippen molar-refractivity contribution in [3.8, 4) is 11.3 Å². The van der Waals surface area contributed by atoms with Crippen molar-refractivity contribution in [3.05, 3.63) is 48.5 Å². The first-order valence-corrected chi connectivity index (χ1v) is 13.3. The van der Waals surface area contributed by atoms with E-state index in [9.17, 15) is 18.3 Å². The van der Waals surface area contributed by atoms with Gasteiger partial charge in [-0.25, -0.2) is 8.42 Å². The van der Waals surface area contributed by atoms with Crippen LogP contribution in [0.5, 0.6) is 0 Å². The molecule has 0 saturated carbocycles. The summed E-state index contributed by atoms with van der Waals surface area (Å²) in [4.78, 5) is 19.9. The van der Waals surface area contributed by atoms with E-state index in [-0.39, 0.29) is 10.8 Å². The first-order valence-electron chi connectivity index (χ1n) is 11.9. The fourth-order valence-corrected chi connectivity index (χ4v) is 5.98. The molecule has 3 aromatic rings. The SMILES string of the molecule is C[C@H](NS(=O)(=O)c1ccc(N2CC[C@H](O)C2)c(-c2cc3ccccc3[nH]2)c1)C(=O)N1CCOCC1. The van der Waals surface area contributed by atoms with Gasteiger partial charge in [0.25, 0.3) is 0 Å². The minimum absolute atomic E-state index is 0.0799. The standard InChI is InChI=1S/C25H30N4O5S/c1-17(25(31)28-10-12-34-13-11-28)27-35(32,33)20-6-7-24(29-9-8-19(30)16-29)21(15-20)23-14-18-4-2-3-5-22(18)26-23/h2-7,14-15,17,19,26-27,30H,8-13,16H2,1H3/t17-,19-/m0/s1. The van der Waals surface area contributed by atoms with Crippen molar-refractivity contribution in [3.63, 3.8) is 0 Å². The molecule has 10 heteroatoms. The highest BCUT2D eigenvalue weighted by atomic mass is 32.2. The van der Waals surface area contributed by atoms with Gasteiger partial charge in [-0.15, -0.1) is 0 Å². The molecule has 2 aliphatic rings. The zero-order valence-corrected chi connectivity index (χ0v) is 20.4. The van der Waals surface area contributed by atoms with E-state index in [0.29, 0.717) is 45.8 Å². The number of nitrogens with one attached hydrogen (secondary N) is 2. The monoisotopic (exact) mass is 498 g/mol. The van der Waals surface area contributed by atoms with Crippen molar-refractivity contribution in [2.24, 2.45) is 0 Å².